The first-order valence-electron chi connectivity index (χ1n) is 5.65. The van der Waals surface area contributed by atoms with Gasteiger partial charge >= 0.3 is 4.87 Å². The molecule has 1 atom stereocenters. The Balaban J connectivity index is 1.94. The fraction of sp³-hybridized carbons (Fsp3) is 0.727. The van der Waals surface area contributed by atoms with Crippen LogP contribution in [0.25, 0.3) is 0 Å². The summed E-state index contributed by atoms with van der Waals surface area (Å²) in [5.41, 5.74) is 1.07. The molecule has 0 saturated carbocycles. The number of ether oxygens (including phenoxy) is 1. The number of hydrogen-bond donors (Lipinski definition) is 0. The number of morpholine rings is 1. The van der Waals surface area contributed by atoms with E-state index in [0.29, 0.717) is 6.04 Å². The zero-order valence-corrected chi connectivity index (χ0v) is 10.6. The minimum atomic E-state index is 0.151. The Morgan fingerprint density at radius 2 is 2.38 bits per heavy atom. The lowest BCUT2D eigenvalue weighted by Crippen LogP contribution is -2.45. The molecule has 1 aliphatic rings. The number of aromatic nitrogens is 1. The predicted molar refractivity (Wildman–Crippen MR) is 65.2 cm³/mol. The summed E-state index contributed by atoms with van der Waals surface area (Å²) in [4.78, 5) is 14.1. The Hall–Kier alpha value is -0.650. The van der Waals surface area contributed by atoms with Crippen LogP contribution in [0, 0.1) is 6.92 Å². The maximum atomic E-state index is 11.5. The van der Waals surface area contributed by atoms with Gasteiger partial charge in [-0.2, -0.15) is 0 Å². The van der Waals surface area contributed by atoms with Gasteiger partial charge in [0, 0.05) is 36.8 Å². The van der Waals surface area contributed by atoms with E-state index < -0.39 is 0 Å². The summed E-state index contributed by atoms with van der Waals surface area (Å²) in [7, 11) is 0. The standard InChI is InChI=1S/C11H18N2O2S/c1-9-7-15-6-5-12(9)3-4-13-10(2)8-16-11(13)14/h8-9H,3-7H2,1-2H3. The zero-order chi connectivity index (χ0) is 11.5. The first kappa shape index (κ1) is 11.8. The molecule has 0 aliphatic carbocycles. The number of rotatable bonds is 3. The van der Waals surface area contributed by atoms with Crippen LogP contribution in [0.2, 0.25) is 0 Å². The molecule has 5 heteroatoms. The molecule has 0 amide bonds. The van der Waals surface area contributed by atoms with E-state index in [1.165, 1.54) is 11.3 Å². The molecule has 0 aromatic carbocycles. The maximum Gasteiger partial charge on any atom is 0.307 e. The molecule has 1 aliphatic heterocycles. The molecule has 0 N–H and O–H groups in total. The van der Waals surface area contributed by atoms with Crippen LogP contribution in [0.3, 0.4) is 0 Å². The molecule has 4 nitrogen and oxygen atoms in total. The van der Waals surface area contributed by atoms with Crippen LogP contribution in [0.15, 0.2) is 10.2 Å². The van der Waals surface area contributed by atoms with Crippen LogP contribution in [-0.4, -0.2) is 41.8 Å². The topological polar surface area (TPSA) is 34.5 Å². The molecule has 90 valence electrons. The van der Waals surface area contributed by atoms with Crippen LogP contribution < -0.4 is 4.87 Å². The largest absolute Gasteiger partial charge is 0.379 e. The van der Waals surface area contributed by atoms with Gasteiger partial charge in [-0.25, -0.2) is 0 Å². The number of aryl methyl sites for hydroxylation is 1. The Labute approximate surface area is 99.4 Å². The van der Waals surface area contributed by atoms with Crippen molar-refractivity contribution in [1.82, 2.24) is 9.47 Å². The highest BCUT2D eigenvalue weighted by Gasteiger charge is 2.18. The fourth-order valence-corrected chi connectivity index (χ4v) is 2.76. The molecule has 0 bridgehead atoms. The van der Waals surface area contributed by atoms with Crippen molar-refractivity contribution >= 4 is 11.3 Å². The van der Waals surface area contributed by atoms with Gasteiger partial charge in [0.15, 0.2) is 0 Å². The quantitative estimate of drug-likeness (QED) is 0.791. The molecule has 1 aromatic rings. The number of thiazole rings is 1. The van der Waals surface area contributed by atoms with E-state index >= 15 is 0 Å². The summed E-state index contributed by atoms with van der Waals surface area (Å²) < 4.78 is 7.24. The lowest BCUT2D eigenvalue weighted by molar-refractivity contribution is -0.00176. The van der Waals surface area contributed by atoms with Crippen molar-refractivity contribution in [1.29, 1.82) is 0 Å². The van der Waals surface area contributed by atoms with Gasteiger partial charge in [0.05, 0.1) is 13.2 Å². The second-order valence-corrected chi connectivity index (χ2v) is 5.08. The second-order valence-electron chi connectivity index (χ2n) is 4.25. The molecule has 16 heavy (non-hydrogen) atoms. The molecule has 1 fully saturated rings. The Morgan fingerprint density at radius 1 is 1.56 bits per heavy atom. The minimum Gasteiger partial charge on any atom is -0.379 e. The average Bonchev–Trinajstić information content (AvgIpc) is 2.58. The van der Waals surface area contributed by atoms with Gasteiger partial charge in [-0.15, -0.1) is 0 Å². The van der Waals surface area contributed by atoms with Gasteiger partial charge in [-0.3, -0.25) is 9.69 Å². The second kappa shape index (κ2) is 5.12. The smallest absolute Gasteiger partial charge is 0.307 e. The molecular weight excluding hydrogens is 224 g/mol. The summed E-state index contributed by atoms with van der Waals surface area (Å²) >= 11 is 1.28. The van der Waals surface area contributed by atoms with Gasteiger partial charge in [-0.05, 0) is 13.8 Å². The van der Waals surface area contributed by atoms with Crippen molar-refractivity contribution in [2.45, 2.75) is 26.4 Å². The lowest BCUT2D eigenvalue weighted by atomic mass is 10.2. The van der Waals surface area contributed by atoms with Gasteiger partial charge in [0.1, 0.15) is 0 Å². The third-order valence-corrected chi connectivity index (χ3v) is 3.97. The SMILES string of the molecule is Cc1csc(=O)n1CCN1CCOCC1C. The van der Waals surface area contributed by atoms with Crippen LogP contribution in [0.1, 0.15) is 12.6 Å². The molecule has 2 heterocycles. The van der Waals surface area contributed by atoms with E-state index in [-0.39, 0.29) is 4.87 Å². The summed E-state index contributed by atoms with van der Waals surface area (Å²) in [5.74, 6) is 0. The lowest BCUT2D eigenvalue weighted by Gasteiger charge is -2.33. The average molecular weight is 242 g/mol. The first-order chi connectivity index (χ1) is 7.68. The van der Waals surface area contributed by atoms with E-state index in [1.54, 1.807) is 0 Å². The Morgan fingerprint density at radius 3 is 3.00 bits per heavy atom. The van der Waals surface area contributed by atoms with E-state index in [0.717, 1.165) is 38.5 Å². The summed E-state index contributed by atoms with van der Waals surface area (Å²) in [6.45, 7) is 8.46. The predicted octanol–water partition coefficient (Wildman–Crippen LogP) is 0.939. The van der Waals surface area contributed by atoms with Crippen LogP contribution in [-0.2, 0) is 11.3 Å². The van der Waals surface area contributed by atoms with Gasteiger partial charge in [0.2, 0.25) is 0 Å². The maximum absolute atomic E-state index is 11.5. The third-order valence-electron chi connectivity index (χ3n) is 3.09. The Kier molecular flexibility index (Phi) is 3.78. The van der Waals surface area contributed by atoms with Gasteiger partial charge in [0.25, 0.3) is 0 Å². The van der Waals surface area contributed by atoms with E-state index in [9.17, 15) is 4.79 Å². The number of hydrogen-bond acceptors (Lipinski definition) is 4. The monoisotopic (exact) mass is 242 g/mol. The summed E-state index contributed by atoms with van der Waals surface area (Å²) in [6.07, 6.45) is 0. The highest BCUT2D eigenvalue weighted by Crippen LogP contribution is 2.07. The van der Waals surface area contributed by atoms with Crippen LogP contribution in [0.4, 0.5) is 0 Å². The van der Waals surface area contributed by atoms with Crippen LogP contribution >= 0.6 is 11.3 Å². The van der Waals surface area contributed by atoms with Gasteiger partial charge in [-0.1, -0.05) is 11.3 Å². The van der Waals surface area contributed by atoms with E-state index in [1.807, 2.05) is 16.9 Å². The number of nitrogens with zero attached hydrogens (tertiary/aromatic N) is 2. The molecule has 0 spiro atoms. The molecular formula is C11H18N2O2S. The fourth-order valence-electron chi connectivity index (χ4n) is 2.00. The van der Waals surface area contributed by atoms with Crippen molar-refractivity contribution in [2.24, 2.45) is 0 Å². The van der Waals surface area contributed by atoms with Crippen molar-refractivity contribution < 1.29 is 4.74 Å². The highest BCUT2D eigenvalue weighted by atomic mass is 32.1. The normalized spacial score (nSPS) is 22.5. The van der Waals surface area contributed by atoms with E-state index in [2.05, 4.69) is 11.8 Å². The van der Waals surface area contributed by atoms with Gasteiger partial charge < -0.3 is 9.30 Å². The molecule has 2 rings (SSSR count). The molecule has 1 unspecified atom stereocenters. The summed E-state index contributed by atoms with van der Waals surface area (Å²) in [5, 5.41) is 1.92. The minimum absolute atomic E-state index is 0.151. The van der Waals surface area contributed by atoms with Crippen molar-refractivity contribution in [3.63, 3.8) is 0 Å². The first-order valence-corrected chi connectivity index (χ1v) is 6.53. The Bertz CT molecular complexity index is 399. The molecule has 1 aromatic heterocycles. The molecule has 0 radical (unpaired) electrons. The highest BCUT2D eigenvalue weighted by molar-refractivity contribution is 7.07. The van der Waals surface area contributed by atoms with Crippen molar-refractivity contribution in [2.75, 3.05) is 26.3 Å². The van der Waals surface area contributed by atoms with Crippen molar-refractivity contribution in [3.8, 4) is 0 Å². The molecule has 1 saturated heterocycles. The zero-order valence-electron chi connectivity index (χ0n) is 9.81. The summed E-state index contributed by atoms with van der Waals surface area (Å²) in [6, 6.07) is 0.461. The third kappa shape index (κ3) is 2.53. The van der Waals surface area contributed by atoms with E-state index in [4.69, 9.17) is 4.74 Å². The van der Waals surface area contributed by atoms with Crippen LogP contribution in [0.5, 0.6) is 0 Å². The van der Waals surface area contributed by atoms with Crippen molar-refractivity contribution in [3.05, 3.63) is 20.7 Å².